The summed E-state index contributed by atoms with van der Waals surface area (Å²) in [4.78, 5) is 0. The molecule has 0 radical (unpaired) electrons. The first kappa shape index (κ1) is 14.9. The highest BCUT2D eigenvalue weighted by Gasteiger charge is 2.25. The number of benzene rings is 1. The van der Waals surface area contributed by atoms with E-state index in [1.54, 1.807) is 13.8 Å². The second kappa shape index (κ2) is 7.31. The summed E-state index contributed by atoms with van der Waals surface area (Å²) in [7, 11) is 1.46. The van der Waals surface area contributed by atoms with Crippen LogP contribution in [0.2, 0.25) is 0 Å². The van der Waals surface area contributed by atoms with E-state index in [0.29, 0.717) is 24.5 Å². The molecule has 0 spiro atoms. The Morgan fingerprint density at radius 3 is 2.33 bits per heavy atom. The zero-order valence-corrected chi connectivity index (χ0v) is 10.9. The number of ether oxygens (including phenoxy) is 3. The van der Waals surface area contributed by atoms with E-state index in [0.717, 1.165) is 0 Å². The van der Waals surface area contributed by atoms with Crippen LogP contribution in [0.3, 0.4) is 0 Å². The average Bonchev–Trinajstić information content (AvgIpc) is 2.37. The van der Waals surface area contributed by atoms with Crippen molar-refractivity contribution in [1.29, 1.82) is 0 Å². The minimum atomic E-state index is -1.10. The maximum atomic E-state index is 13.2. The lowest BCUT2D eigenvalue weighted by atomic mass is 10.1. The first-order valence-electron chi connectivity index (χ1n) is 5.88. The van der Waals surface area contributed by atoms with Crippen LogP contribution in [-0.4, -0.2) is 31.7 Å². The normalized spacial score (nSPS) is 12.8. The maximum absolute atomic E-state index is 13.2. The SMILES string of the molecule is CCOC(OCC)C(O)c1cc(F)ccc1OC. The molecule has 0 amide bonds. The maximum Gasteiger partial charge on any atom is 0.187 e. The van der Waals surface area contributed by atoms with Crippen LogP contribution in [0, 0.1) is 5.82 Å². The third kappa shape index (κ3) is 3.66. The lowest BCUT2D eigenvalue weighted by Crippen LogP contribution is -2.26. The third-order valence-electron chi connectivity index (χ3n) is 2.43. The molecule has 1 atom stereocenters. The van der Waals surface area contributed by atoms with Gasteiger partial charge in [0.25, 0.3) is 0 Å². The molecule has 0 heterocycles. The van der Waals surface area contributed by atoms with Crippen molar-refractivity contribution < 1.29 is 23.7 Å². The summed E-state index contributed by atoms with van der Waals surface area (Å²) < 4.78 is 28.9. The number of hydrogen-bond acceptors (Lipinski definition) is 4. The number of rotatable bonds is 7. The topological polar surface area (TPSA) is 47.9 Å². The molecule has 0 aromatic heterocycles. The number of aliphatic hydroxyl groups is 1. The molecular formula is C13H19FO4. The molecule has 1 unspecified atom stereocenters. The van der Waals surface area contributed by atoms with Crippen molar-refractivity contribution in [2.45, 2.75) is 26.2 Å². The standard InChI is InChI=1S/C13H19FO4/c1-4-17-13(18-5-2)12(15)10-8-9(14)6-7-11(10)16-3/h6-8,12-13,15H,4-5H2,1-3H3. The van der Waals surface area contributed by atoms with Crippen molar-refractivity contribution in [2.75, 3.05) is 20.3 Å². The summed E-state index contributed by atoms with van der Waals surface area (Å²) in [5, 5.41) is 10.2. The number of hydrogen-bond donors (Lipinski definition) is 1. The molecule has 0 aliphatic rings. The van der Waals surface area contributed by atoms with Crippen LogP contribution in [0.25, 0.3) is 0 Å². The van der Waals surface area contributed by atoms with E-state index in [9.17, 15) is 9.50 Å². The Hall–Kier alpha value is -1.17. The van der Waals surface area contributed by atoms with Gasteiger partial charge in [0, 0.05) is 18.8 Å². The smallest absolute Gasteiger partial charge is 0.187 e. The van der Waals surface area contributed by atoms with Crippen molar-refractivity contribution in [2.24, 2.45) is 0 Å². The van der Waals surface area contributed by atoms with Crippen molar-refractivity contribution >= 4 is 0 Å². The zero-order chi connectivity index (χ0) is 13.5. The monoisotopic (exact) mass is 258 g/mol. The van der Waals surface area contributed by atoms with Gasteiger partial charge in [0.15, 0.2) is 6.29 Å². The van der Waals surface area contributed by atoms with E-state index in [1.165, 1.54) is 25.3 Å². The molecule has 4 nitrogen and oxygen atoms in total. The van der Waals surface area contributed by atoms with Gasteiger partial charge in [-0.05, 0) is 32.0 Å². The Morgan fingerprint density at radius 1 is 1.22 bits per heavy atom. The molecule has 1 rings (SSSR count). The van der Waals surface area contributed by atoms with Gasteiger partial charge >= 0.3 is 0 Å². The van der Waals surface area contributed by atoms with Crippen molar-refractivity contribution in [3.8, 4) is 5.75 Å². The van der Waals surface area contributed by atoms with E-state index >= 15 is 0 Å². The van der Waals surface area contributed by atoms with Gasteiger partial charge < -0.3 is 19.3 Å². The minimum absolute atomic E-state index is 0.310. The molecule has 5 heteroatoms. The largest absolute Gasteiger partial charge is 0.496 e. The van der Waals surface area contributed by atoms with Crippen LogP contribution in [-0.2, 0) is 9.47 Å². The van der Waals surface area contributed by atoms with E-state index in [1.807, 2.05) is 0 Å². The summed E-state index contributed by atoms with van der Waals surface area (Å²) in [6.07, 6.45) is -1.94. The molecule has 1 aromatic carbocycles. The Kier molecular flexibility index (Phi) is 6.04. The second-order valence-corrected chi connectivity index (χ2v) is 3.61. The Morgan fingerprint density at radius 2 is 1.83 bits per heavy atom. The highest BCUT2D eigenvalue weighted by molar-refractivity contribution is 5.36. The van der Waals surface area contributed by atoms with Gasteiger partial charge in [0.1, 0.15) is 17.7 Å². The van der Waals surface area contributed by atoms with Crippen molar-refractivity contribution in [1.82, 2.24) is 0 Å². The van der Waals surface area contributed by atoms with E-state index in [4.69, 9.17) is 14.2 Å². The molecule has 0 aliphatic carbocycles. The predicted molar refractivity (Wildman–Crippen MR) is 65.0 cm³/mol. The molecule has 1 aromatic rings. The molecule has 18 heavy (non-hydrogen) atoms. The van der Waals surface area contributed by atoms with Crippen LogP contribution >= 0.6 is 0 Å². The molecule has 1 N–H and O–H groups in total. The van der Waals surface area contributed by atoms with Gasteiger partial charge in [-0.2, -0.15) is 0 Å². The molecular weight excluding hydrogens is 239 g/mol. The molecule has 0 saturated heterocycles. The minimum Gasteiger partial charge on any atom is -0.496 e. The molecule has 0 saturated carbocycles. The fourth-order valence-electron chi connectivity index (χ4n) is 1.64. The van der Waals surface area contributed by atoms with Gasteiger partial charge in [-0.1, -0.05) is 0 Å². The predicted octanol–water partition coefficient (Wildman–Crippen LogP) is 2.27. The number of halogens is 1. The molecule has 0 aliphatic heterocycles. The second-order valence-electron chi connectivity index (χ2n) is 3.61. The highest BCUT2D eigenvalue weighted by atomic mass is 19.1. The number of aliphatic hydroxyl groups excluding tert-OH is 1. The molecule has 0 fully saturated rings. The summed E-state index contributed by atoms with van der Waals surface area (Å²) in [6, 6.07) is 3.95. The van der Waals surface area contributed by atoms with Crippen molar-refractivity contribution in [3.63, 3.8) is 0 Å². The number of methoxy groups -OCH3 is 1. The molecule has 0 bridgehead atoms. The molecule has 102 valence electrons. The Bertz CT molecular complexity index is 364. The third-order valence-corrected chi connectivity index (χ3v) is 2.43. The summed E-state index contributed by atoms with van der Waals surface area (Å²) >= 11 is 0. The highest BCUT2D eigenvalue weighted by Crippen LogP contribution is 2.29. The van der Waals surface area contributed by atoms with E-state index in [-0.39, 0.29) is 0 Å². The van der Waals surface area contributed by atoms with Gasteiger partial charge in [-0.15, -0.1) is 0 Å². The van der Waals surface area contributed by atoms with Crippen LogP contribution in [0.4, 0.5) is 4.39 Å². The van der Waals surface area contributed by atoms with Crippen molar-refractivity contribution in [3.05, 3.63) is 29.6 Å². The Labute approximate surface area is 106 Å². The van der Waals surface area contributed by atoms with Crippen LogP contribution in [0.15, 0.2) is 18.2 Å². The van der Waals surface area contributed by atoms with Crippen LogP contribution < -0.4 is 4.74 Å². The van der Waals surface area contributed by atoms with Crippen LogP contribution in [0.1, 0.15) is 25.5 Å². The Balaban J connectivity index is 2.98. The fourth-order valence-corrected chi connectivity index (χ4v) is 1.64. The average molecular weight is 258 g/mol. The van der Waals surface area contributed by atoms with E-state index < -0.39 is 18.2 Å². The summed E-state index contributed by atoms with van der Waals surface area (Å²) in [6.45, 7) is 4.36. The van der Waals surface area contributed by atoms with Crippen LogP contribution in [0.5, 0.6) is 5.75 Å². The van der Waals surface area contributed by atoms with Gasteiger partial charge in [0.05, 0.1) is 7.11 Å². The van der Waals surface area contributed by atoms with E-state index in [2.05, 4.69) is 0 Å². The quantitative estimate of drug-likeness (QED) is 0.762. The zero-order valence-electron chi connectivity index (χ0n) is 10.9. The first-order chi connectivity index (χ1) is 8.63. The van der Waals surface area contributed by atoms with Gasteiger partial charge in [0.2, 0.25) is 0 Å². The first-order valence-corrected chi connectivity index (χ1v) is 5.88. The summed E-state index contributed by atoms with van der Waals surface area (Å²) in [5.41, 5.74) is 0.310. The lowest BCUT2D eigenvalue weighted by molar-refractivity contribution is -0.191. The fraction of sp³-hybridized carbons (Fsp3) is 0.538. The van der Waals surface area contributed by atoms with Gasteiger partial charge in [-0.3, -0.25) is 0 Å². The summed E-state index contributed by atoms with van der Waals surface area (Å²) in [5.74, 6) is -0.0510. The lowest BCUT2D eigenvalue weighted by Gasteiger charge is -2.24. The van der Waals surface area contributed by atoms with Gasteiger partial charge in [-0.25, -0.2) is 4.39 Å².